The van der Waals surface area contributed by atoms with Gasteiger partial charge in [0.15, 0.2) is 18.9 Å². The number of hydrogen-bond acceptors (Lipinski definition) is 18. The van der Waals surface area contributed by atoms with E-state index in [0.29, 0.717) is 12.8 Å². The molecule has 19 heteroatoms. The molecule has 0 radical (unpaired) electrons. The first-order valence-electron chi connectivity index (χ1n) is 40.5. The molecule has 3 aliphatic rings. The Labute approximate surface area is 615 Å². The van der Waals surface area contributed by atoms with Crippen LogP contribution in [0.4, 0.5) is 0 Å². The van der Waals surface area contributed by atoms with Gasteiger partial charge in [-0.05, 0) is 89.9 Å². The van der Waals surface area contributed by atoms with Gasteiger partial charge >= 0.3 is 0 Å². The predicted octanol–water partition coefficient (Wildman–Crippen LogP) is 13.6. The minimum atomic E-state index is -1.99. The highest BCUT2D eigenvalue weighted by molar-refractivity contribution is 5.76. The van der Waals surface area contributed by atoms with Gasteiger partial charge in [0, 0.05) is 6.42 Å². The third-order valence-corrected chi connectivity index (χ3v) is 19.6. The number of aliphatic hydroxyl groups is 11. The molecule has 0 aromatic rings. The topological polar surface area (TPSA) is 307 Å². The summed E-state index contributed by atoms with van der Waals surface area (Å²) >= 11 is 0. The van der Waals surface area contributed by atoms with Gasteiger partial charge in [0.2, 0.25) is 5.91 Å². The van der Waals surface area contributed by atoms with Gasteiger partial charge in [0.05, 0.1) is 38.6 Å². The average Bonchev–Trinajstić information content (AvgIpc) is 0.782. The van der Waals surface area contributed by atoms with Crippen molar-refractivity contribution in [3.63, 3.8) is 0 Å². The first-order valence-corrected chi connectivity index (χ1v) is 40.5. The molecule has 3 rings (SSSR count). The van der Waals surface area contributed by atoms with Crippen LogP contribution < -0.4 is 5.32 Å². The average molecular weight is 1450 g/mol. The lowest BCUT2D eigenvalue weighted by atomic mass is 9.96. The fourth-order valence-corrected chi connectivity index (χ4v) is 13.1. The van der Waals surface area contributed by atoms with E-state index >= 15 is 0 Å². The Morgan fingerprint density at radius 1 is 0.363 bits per heavy atom. The standard InChI is InChI=1S/C83H145NO18/c1-3-5-7-9-11-13-15-17-19-21-23-25-27-29-31-32-33-35-36-38-40-42-44-46-48-50-52-54-56-58-60-67(88)66(84-71(89)61-59-57-55-53-51-49-47-45-43-41-39-37-34-30-28-26-24-22-20-18-16-14-12-10-8-6-4-2)65-97-81-77(95)74(92)79(69(63-86)99-81)102-83-78(96)75(93)80(70(64-87)100-83)101-82-76(94)73(91)72(90)68(62-85)98-82/h6,8,12,14,18,20,24,26,30,34,42,44,50,52,58,60,66-70,72-83,85-88,90-96H,3-5,7,9-11,13,15-17,19,21-23,25,27-29,31-33,35-41,43,45-49,51,53-57,59,61-65H2,1-2H3,(H,84,89)/b8-6-,14-12-,20-18-,26-24-,34-30-,44-42+,52-50+,60-58+. The van der Waals surface area contributed by atoms with Crippen molar-refractivity contribution in [2.75, 3.05) is 26.4 Å². The van der Waals surface area contributed by atoms with Crippen LogP contribution in [0.25, 0.3) is 0 Å². The third kappa shape index (κ3) is 42.3. The molecule has 17 unspecified atom stereocenters. The Morgan fingerprint density at radius 2 is 0.686 bits per heavy atom. The van der Waals surface area contributed by atoms with Crippen LogP contribution in [0.1, 0.15) is 290 Å². The molecule has 1 amide bonds. The minimum absolute atomic E-state index is 0.223. The van der Waals surface area contributed by atoms with Crippen LogP contribution in [0.5, 0.6) is 0 Å². The zero-order valence-electron chi connectivity index (χ0n) is 63.1. The van der Waals surface area contributed by atoms with Crippen molar-refractivity contribution in [2.24, 2.45) is 0 Å². The van der Waals surface area contributed by atoms with Gasteiger partial charge in [-0.3, -0.25) is 4.79 Å². The van der Waals surface area contributed by atoms with Gasteiger partial charge in [0.1, 0.15) is 73.2 Å². The maximum absolute atomic E-state index is 13.5. The molecule has 3 heterocycles. The summed E-state index contributed by atoms with van der Waals surface area (Å²) in [6.07, 6.45) is 58.2. The molecule has 0 aromatic carbocycles. The minimum Gasteiger partial charge on any atom is -0.394 e. The van der Waals surface area contributed by atoms with E-state index in [9.17, 15) is 61.0 Å². The molecule has 3 aliphatic heterocycles. The largest absolute Gasteiger partial charge is 0.394 e. The molecule has 0 aliphatic carbocycles. The highest BCUT2D eigenvalue weighted by atomic mass is 16.8. The fourth-order valence-electron chi connectivity index (χ4n) is 13.1. The summed E-state index contributed by atoms with van der Waals surface area (Å²) in [5.74, 6) is -0.294. The fraction of sp³-hybridized carbons (Fsp3) is 0.795. The summed E-state index contributed by atoms with van der Waals surface area (Å²) in [5, 5.41) is 121. The van der Waals surface area contributed by atoms with E-state index in [0.717, 1.165) is 89.9 Å². The van der Waals surface area contributed by atoms with E-state index in [1.165, 1.54) is 167 Å². The monoisotopic (exact) mass is 1440 g/mol. The van der Waals surface area contributed by atoms with Crippen LogP contribution >= 0.6 is 0 Å². The summed E-state index contributed by atoms with van der Waals surface area (Å²) in [6, 6.07) is -1.01. The van der Waals surface area contributed by atoms with Gasteiger partial charge in [0.25, 0.3) is 0 Å². The zero-order chi connectivity index (χ0) is 73.9. The molecular formula is C83H145NO18. The molecule has 0 spiro atoms. The number of nitrogens with one attached hydrogen (secondary N) is 1. The smallest absolute Gasteiger partial charge is 0.220 e. The van der Waals surface area contributed by atoms with Crippen LogP contribution in [0.15, 0.2) is 97.2 Å². The molecule has 3 fully saturated rings. The van der Waals surface area contributed by atoms with Crippen LogP contribution in [-0.4, -0.2) is 193 Å². The number of allylic oxidation sites excluding steroid dienone is 15. The molecule has 3 saturated heterocycles. The summed E-state index contributed by atoms with van der Waals surface area (Å²) in [4.78, 5) is 13.5. The molecule has 590 valence electrons. The summed E-state index contributed by atoms with van der Waals surface area (Å²) < 4.78 is 34.4. The van der Waals surface area contributed by atoms with Crippen molar-refractivity contribution < 1.29 is 89.4 Å². The number of rotatable bonds is 63. The number of aliphatic hydroxyl groups excluding tert-OH is 11. The van der Waals surface area contributed by atoms with E-state index < -0.39 is 124 Å². The Bertz CT molecular complexity index is 2220. The molecule has 19 nitrogen and oxygen atoms in total. The highest BCUT2D eigenvalue weighted by Crippen LogP contribution is 2.33. The van der Waals surface area contributed by atoms with Gasteiger partial charge in [-0.2, -0.15) is 0 Å². The number of unbranched alkanes of at least 4 members (excludes halogenated alkanes) is 33. The molecule has 102 heavy (non-hydrogen) atoms. The van der Waals surface area contributed by atoms with Crippen LogP contribution in [0.2, 0.25) is 0 Å². The molecule has 0 bridgehead atoms. The van der Waals surface area contributed by atoms with Crippen LogP contribution in [-0.2, 0) is 33.2 Å². The Balaban J connectivity index is 1.40. The highest BCUT2D eigenvalue weighted by Gasteiger charge is 2.54. The number of ether oxygens (including phenoxy) is 6. The van der Waals surface area contributed by atoms with Crippen LogP contribution in [0.3, 0.4) is 0 Å². The van der Waals surface area contributed by atoms with Crippen LogP contribution in [0, 0.1) is 0 Å². The molecule has 12 N–H and O–H groups in total. The normalized spacial score (nSPS) is 26.7. The van der Waals surface area contributed by atoms with Crippen molar-refractivity contribution in [1.82, 2.24) is 5.32 Å². The number of carbonyl (C=O) groups excluding carboxylic acids is 1. The Kier molecular flexibility index (Phi) is 57.1. The number of hydrogen-bond donors (Lipinski definition) is 12. The van der Waals surface area contributed by atoms with E-state index in [1.807, 2.05) is 6.08 Å². The van der Waals surface area contributed by atoms with Gasteiger partial charge < -0.3 is 89.9 Å². The second kappa shape index (κ2) is 62.7. The maximum atomic E-state index is 13.5. The second-order valence-corrected chi connectivity index (χ2v) is 28.5. The number of amides is 1. The SMILES string of the molecule is CC/C=C\C/C=C\C/C=C\C/C=C\C/C=C\CCCCCCCCCCCCCC(=O)NC(COC1OC(CO)C(OC2OC(CO)C(OC3OC(CO)C(O)C(O)C3O)C(O)C2O)C(O)C1O)C(O)/C=C/CC/C=C/CC/C=C/CCCCCCCCCCCCCCCCCCCCCC. The third-order valence-electron chi connectivity index (χ3n) is 19.6. The molecule has 0 aromatic heterocycles. The van der Waals surface area contributed by atoms with Crippen molar-refractivity contribution in [1.29, 1.82) is 0 Å². The Morgan fingerprint density at radius 3 is 1.10 bits per heavy atom. The summed E-state index contributed by atoms with van der Waals surface area (Å²) in [7, 11) is 0. The second-order valence-electron chi connectivity index (χ2n) is 28.5. The van der Waals surface area contributed by atoms with Crippen molar-refractivity contribution in [3.8, 4) is 0 Å². The lowest BCUT2D eigenvalue weighted by Crippen LogP contribution is -2.66. The Hall–Kier alpha value is -3.29. The van der Waals surface area contributed by atoms with Crippen molar-refractivity contribution in [2.45, 2.75) is 394 Å². The van der Waals surface area contributed by atoms with Crippen molar-refractivity contribution >= 4 is 5.91 Å². The van der Waals surface area contributed by atoms with E-state index in [-0.39, 0.29) is 18.9 Å². The van der Waals surface area contributed by atoms with E-state index in [4.69, 9.17) is 28.4 Å². The van der Waals surface area contributed by atoms with E-state index in [2.05, 4.69) is 104 Å². The molecule has 0 saturated carbocycles. The van der Waals surface area contributed by atoms with Gasteiger partial charge in [-0.15, -0.1) is 0 Å². The lowest BCUT2D eigenvalue weighted by molar-refractivity contribution is -0.379. The van der Waals surface area contributed by atoms with Crippen molar-refractivity contribution in [3.05, 3.63) is 97.2 Å². The lowest BCUT2D eigenvalue weighted by Gasteiger charge is -2.48. The molecular weight excluding hydrogens is 1300 g/mol. The van der Waals surface area contributed by atoms with Gasteiger partial charge in [-0.25, -0.2) is 0 Å². The predicted molar refractivity (Wildman–Crippen MR) is 406 cm³/mol. The number of carbonyl (C=O) groups is 1. The first-order chi connectivity index (χ1) is 49.8. The quantitative estimate of drug-likeness (QED) is 0.0199. The zero-order valence-corrected chi connectivity index (χ0v) is 63.1. The maximum Gasteiger partial charge on any atom is 0.220 e. The van der Waals surface area contributed by atoms with Gasteiger partial charge in [-0.1, -0.05) is 291 Å². The summed E-state index contributed by atoms with van der Waals surface area (Å²) in [5.41, 5.74) is 0. The summed E-state index contributed by atoms with van der Waals surface area (Å²) in [6.45, 7) is 1.62. The van der Waals surface area contributed by atoms with E-state index in [1.54, 1.807) is 6.08 Å². The molecule has 17 atom stereocenters. The first kappa shape index (κ1) is 92.9.